The molecular formula is C14H23N3. The Balaban J connectivity index is 1.89. The molecule has 1 aromatic heterocycles. The lowest BCUT2D eigenvalue weighted by atomic mass is 9.84. The number of aryl methyl sites for hydroxylation is 1. The van der Waals surface area contributed by atoms with Crippen LogP contribution in [0.4, 0.5) is 0 Å². The van der Waals surface area contributed by atoms with Crippen molar-refractivity contribution < 1.29 is 0 Å². The molecule has 1 aromatic rings. The van der Waals surface area contributed by atoms with Crippen LogP contribution in [0.5, 0.6) is 0 Å². The fourth-order valence-corrected chi connectivity index (χ4v) is 3.61. The highest BCUT2D eigenvalue weighted by Gasteiger charge is 2.28. The molecule has 17 heavy (non-hydrogen) atoms. The first-order chi connectivity index (χ1) is 8.40. The largest absolute Gasteiger partial charge is 0.331 e. The number of hydrogen-bond acceptors (Lipinski definition) is 2. The minimum atomic E-state index is 0.628. The molecule has 3 rings (SSSR count). The van der Waals surface area contributed by atoms with Gasteiger partial charge in [-0.3, -0.25) is 0 Å². The smallest absolute Gasteiger partial charge is 0.0954 e. The zero-order valence-corrected chi connectivity index (χ0v) is 10.6. The monoisotopic (exact) mass is 233 g/mol. The van der Waals surface area contributed by atoms with Gasteiger partial charge in [0.25, 0.3) is 0 Å². The maximum absolute atomic E-state index is 5.94. The van der Waals surface area contributed by atoms with Gasteiger partial charge in [0, 0.05) is 11.7 Å². The summed E-state index contributed by atoms with van der Waals surface area (Å²) in [7, 11) is 0. The van der Waals surface area contributed by atoms with Crippen molar-refractivity contribution in [1.29, 1.82) is 0 Å². The van der Waals surface area contributed by atoms with Gasteiger partial charge in [-0.25, -0.2) is 4.98 Å². The standard InChI is InChI=1S/C14H23N3/c15-9-11-5-1-3-7-13(11)17-10-16-12-6-2-4-8-14(12)17/h10-11,13H,1-9,15H2. The third-order valence-electron chi connectivity index (χ3n) is 4.59. The van der Waals surface area contributed by atoms with Crippen molar-refractivity contribution in [2.24, 2.45) is 11.7 Å². The number of hydrogen-bond donors (Lipinski definition) is 1. The van der Waals surface area contributed by atoms with E-state index in [-0.39, 0.29) is 0 Å². The average Bonchev–Trinajstić information content (AvgIpc) is 2.82. The SMILES string of the molecule is NCC1CCCCC1n1cnc2c1CCCC2. The van der Waals surface area contributed by atoms with Crippen LogP contribution in [0.25, 0.3) is 0 Å². The van der Waals surface area contributed by atoms with Crippen LogP contribution in [0, 0.1) is 5.92 Å². The summed E-state index contributed by atoms with van der Waals surface area (Å²) in [4.78, 5) is 4.62. The minimum absolute atomic E-state index is 0.628. The number of aromatic nitrogens is 2. The molecule has 3 heteroatoms. The van der Waals surface area contributed by atoms with E-state index < -0.39 is 0 Å². The summed E-state index contributed by atoms with van der Waals surface area (Å²) in [6.07, 6.45) is 12.5. The summed E-state index contributed by atoms with van der Waals surface area (Å²) >= 11 is 0. The molecule has 0 aromatic carbocycles. The summed E-state index contributed by atoms with van der Waals surface area (Å²) in [6.45, 7) is 0.831. The summed E-state index contributed by atoms with van der Waals surface area (Å²) < 4.78 is 2.48. The molecule has 0 bridgehead atoms. The predicted octanol–water partition coefficient (Wildman–Crippen LogP) is 2.45. The Morgan fingerprint density at radius 3 is 2.88 bits per heavy atom. The fourth-order valence-electron chi connectivity index (χ4n) is 3.61. The molecule has 3 nitrogen and oxygen atoms in total. The molecule has 1 heterocycles. The first-order valence-electron chi connectivity index (χ1n) is 7.15. The van der Waals surface area contributed by atoms with E-state index in [0.717, 1.165) is 6.54 Å². The van der Waals surface area contributed by atoms with Crippen LogP contribution in [-0.2, 0) is 12.8 Å². The molecule has 0 radical (unpaired) electrons. The minimum Gasteiger partial charge on any atom is -0.331 e. The number of nitrogens with zero attached hydrogens (tertiary/aromatic N) is 2. The summed E-state index contributed by atoms with van der Waals surface area (Å²) in [6, 6.07) is 0.628. The van der Waals surface area contributed by atoms with E-state index in [1.807, 2.05) is 0 Å². The molecule has 2 unspecified atom stereocenters. The second-order valence-electron chi connectivity index (χ2n) is 5.60. The molecule has 94 valence electrons. The van der Waals surface area contributed by atoms with Gasteiger partial charge in [0.15, 0.2) is 0 Å². The van der Waals surface area contributed by atoms with Gasteiger partial charge >= 0.3 is 0 Å². The quantitative estimate of drug-likeness (QED) is 0.852. The van der Waals surface area contributed by atoms with E-state index in [1.54, 1.807) is 0 Å². The topological polar surface area (TPSA) is 43.8 Å². The second kappa shape index (κ2) is 4.81. The Kier molecular flexibility index (Phi) is 3.19. The highest BCUT2D eigenvalue weighted by molar-refractivity contribution is 5.17. The van der Waals surface area contributed by atoms with Crippen LogP contribution >= 0.6 is 0 Å². The van der Waals surface area contributed by atoms with Crippen LogP contribution in [0.1, 0.15) is 56.0 Å². The summed E-state index contributed by atoms with van der Waals surface area (Å²) in [5, 5.41) is 0. The van der Waals surface area contributed by atoms with Crippen LogP contribution in [0.15, 0.2) is 6.33 Å². The van der Waals surface area contributed by atoms with Gasteiger partial charge in [-0.15, -0.1) is 0 Å². The Hall–Kier alpha value is -0.830. The normalized spacial score (nSPS) is 29.0. The molecule has 0 aliphatic heterocycles. The van der Waals surface area contributed by atoms with Crippen LogP contribution < -0.4 is 5.73 Å². The number of rotatable bonds is 2. The van der Waals surface area contributed by atoms with Crippen molar-refractivity contribution in [3.05, 3.63) is 17.7 Å². The lowest BCUT2D eigenvalue weighted by Crippen LogP contribution is -2.30. The molecule has 0 saturated heterocycles. The summed E-state index contributed by atoms with van der Waals surface area (Å²) in [5.74, 6) is 0.670. The van der Waals surface area contributed by atoms with Gasteiger partial charge in [0.1, 0.15) is 0 Å². The van der Waals surface area contributed by atoms with Crippen molar-refractivity contribution in [2.45, 2.75) is 57.4 Å². The van der Waals surface area contributed by atoms with E-state index in [9.17, 15) is 0 Å². The second-order valence-corrected chi connectivity index (χ2v) is 5.60. The number of fused-ring (bicyclic) bond motifs is 1. The van der Waals surface area contributed by atoms with Crippen molar-refractivity contribution in [3.63, 3.8) is 0 Å². The van der Waals surface area contributed by atoms with Gasteiger partial charge in [0.05, 0.1) is 12.0 Å². The molecular weight excluding hydrogens is 210 g/mol. The van der Waals surface area contributed by atoms with Crippen LogP contribution in [0.3, 0.4) is 0 Å². The molecule has 2 aliphatic carbocycles. The van der Waals surface area contributed by atoms with Gasteiger partial charge < -0.3 is 10.3 Å². The fraction of sp³-hybridized carbons (Fsp3) is 0.786. The lowest BCUT2D eigenvalue weighted by molar-refractivity contribution is 0.240. The zero-order valence-electron chi connectivity index (χ0n) is 10.6. The van der Waals surface area contributed by atoms with Crippen LogP contribution in [0.2, 0.25) is 0 Å². The third-order valence-corrected chi connectivity index (χ3v) is 4.59. The molecule has 0 spiro atoms. The molecule has 1 fully saturated rings. The van der Waals surface area contributed by atoms with Gasteiger partial charge in [-0.1, -0.05) is 12.8 Å². The maximum atomic E-state index is 5.94. The van der Waals surface area contributed by atoms with Gasteiger partial charge in [0.2, 0.25) is 0 Å². The van der Waals surface area contributed by atoms with Crippen molar-refractivity contribution >= 4 is 0 Å². The number of imidazole rings is 1. The average molecular weight is 233 g/mol. The first-order valence-corrected chi connectivity index (χ1v) is 7.15. The first kappa shape index (κ1) is 11.3. The van der Waals surface area contributed by atoms with E-state index >= 15 is 0 Å². The molecule has 0 amide bonds. The maximum Gasteiger partial charge on any atom is 0.0954 e. The lowest BCUT2D eigenvalue weighted by Gasteiger charge is -2.33. The Morgan fingerprint density at radius 2 is 2.00 bits per heavy atom. The zero-order chi connectivity index (χ0) is 11.7. The highest BCUT2D eigenvalue weighted by atomic mass is 15.1. The van der Waals surface area contributed by atoms with E-state index in [4.69, 9.17) is 5.73 Å². The predicted molar refractivity (Wildman–Crippen MR) is 68.9 cm³/mol. The Labute approximate surface area is 103 Å². The third kappa shape index (κ3) is 2.01. The summed E-state index contributed by atoms with van der Waals surface area (Å²) in [5.41, 5.74) is 8.82. The molecule has 1 saturated carbocycles. The number of nitrogens with two attached hydrogens (primary N) is 1. The Bertz CT molecular complexity index is 383. The highest BCUT2D eigenvalue weighted by Crippen LogP contribution is 2.35. The van der Waals surface area contributed by atoms with Crippen molar-refractivity contribution in [3.8, 4) is 0 Å². The van der Waals surface area contributed by atoms with E-state index in [0.29, 0.717) is 12.0 Å². The van der Waals surface area contributed by atoms with Crippen molar-refractivity contribution in [1.82, 2.24) is 9.55 Å². The van der Waals surface area contributed by atoms with Crippen molar-refractivity contribution in [2.75, 3.05) is 6.54 Å². The Morgan fingerprint density at radius 1 is 1.18 bits per heavy atom. The molecule has 2 atom stereocenters. The van der Waals surface area contributed by atoms with Gasteiger partial charge in [-0.05, 0) is 51.0 Å². The molecule has 2 aliphatic rings. The van der Waals surface area contributed by atoms with E-state index in [2.05, 4.69) is 15.9 Å². The van der Waals surface area contributed by atoms with Crippen LogP contribution in [-0.4, -0.2) is 16.1 Å². The van der Waals surface area contributed by atoms with E-state index in [1.165, 1.54) is 62.8 Å². The van der Waals surface area contributed by atoms with Gasteiger partial charge in [-0.2, -0.15) is 0 Å². The molecule has 2 N–H and O–H groups in total.